The number of carbonyl (C=O) groups is 2. The largest absolute Gasteiger partial charge is 0.493 e. The van der Waals surface area contributed by atoms with Crippen LogP contribution < -0.4 is 14.8 Å². The van der Waals surface area contributed by atoms with E-state index in [-0.39, 0.29) is 18.1 Å². The lowest BCUT2D eigenvalue weighted by molar-refractivity contribution is -0.124. The molecule has 0 saturated heterocycles. The molecule has 5 nitrogen and oxygen atoms in total. The summed E-state index contributed by atoms with van der Waals surface area (Å²) in [6.45, 7) is 3.21. The Bertz CT molecular complexity index is 468. The smallest absolute Gasteiger partial charge is 0.231 e. The summed E-state index contributed by atoms with van der Waals surface area (Å²) in [5.41, 5.74) is 1.45. The van der Waals surface area contributed by atoms with Crippen molar-refractivity contribution in [1.29, 1.82) is 0 Å². The second-order valence-corrected chi connectivity index (χ2v) is 3.95. The maximum atomic E-state index is 11.5. The van der Waals surface area contributed by atoms with Crippen molar-refractivity contribution in [3.05, 3.63) is 17.7 Å². The van der Waals surface area contributed by atoms with Crippen LogP contribution in [0.2, 0.25) is 0 Å². The fourth-order valence-electron chi connectivity index (χ4n) is 1.54. The number of nitrogens with one attached hydrogen (secondary N) is 1. The van der Waals surface area contributed by atoms with Crippen LogP contribution in [0.3, 0.4) is 0 Å². The molecule has 0 aliphatic heterocycles. The number of ether oxygens (including phenoxy) is 2. The van der Waals surface area contributed by atoms with Gasteiger partial charge in [-0.3, -0.25) is 9.59 Å². The summed E-state index contributed by atoms with van der Waals surface area (Å²) in [5.74, 6) is 0.615. The maximum Gasteiger partial charge on any atom is 0.231 e. The first-order chi connectivity index (χ1) is 8.47. The van der Waals surface area contributed by atoms with Crippen molar-refractivity contribution < 1.29 is 19.1 Å². The molecule has 0 aromatic heterocycles. The molecule has 1 aromatic carbocycles. The molecule has 0 heterocycles. The Balaban J connectivity index is 2.95. The molecule has 1 amide bonds. The SMILES string of the molecule is COc1cc(C)c(NC(=O)CC(C)=O)cc1OC. The van der Waals surface area contributed by atoms with Crippen molar-refractivity contribution >= 4 is 17.4 Å². The summed E-state index contributed by atoms with van der Waals surface area (Å²) in [6.07, 6.45) is -0.131. The molecule has 0 aliphatic rings. The normalized spacial score (nSPS) is 9.78. The van der Waals surface area contributed by atoms with Crippen molar-refractivity contribution in [2.24, 2.45) is 0 Å². The van der Waals surface area contributed by atoms with E-state index >= 15 is 0 Å². The summed E-state index contributed by atoms with van der Waals surface area (Å²) >= 11 is 0. The van der Waals surface area contributed by atoms with E-state index in [0.717, 1.165) is 5.56 Å². The maximum absolute atomic E-state index is 11.5. The third kappa shape index (κ3) is 3.48. The number of Topliss-reactive ketones (excluding diaryl/α,β-unsaturated/α-hetero) is 1. The van der Waals surface area contributed by atoms with Crippen LogP contribution in [-0.4, -0.2) is 25.9 Å². The standard InChI is InChI=1S/C13H17NO4/c1-8-5-11(17-3)12(18-4)7-10(8)14-13(16)6-9(2)15/h5,7H,6H2,1-4H3,(H,14,16). The molecule has 0 spiro atoms. The van der Waals surface area contributed by atoms with Crippen molar-refractivity contribution in [3.63, 3.8) is 0 Å². The Hall–Kier alpha value is -2.04. The molecule has 0 atom stereocenters. The Morgan fingerprint density at radius 2 is 1.72 bits per heavy atom. The number of carbonyl (C=O) groups excluding carboxylic acids is 2. The number of benzene rings is 1. The van der Waals surface area contributed by atoms with Crippen molar-refractivity contribution in [1.82, 2.24) is 0 Å². The fraction of sp³-hybridized carbons (Fsp3) is 0.385. The first kappa shape index (κ1) is 14.0. The van der Waals surface area contributed by atoms with Gasteiger partial charge < -0.3 is 14.8 Å². The zero-order chi connectivity index (χ0) is 13.7. The van der Waals surface area contributed by atoms with Crippen molar-refractivity contribution in [3.8, 4) is 11.5 Å². The van der Waals surface area contributed by atoms with E-state index in [0.29, 0.717) is 17.2 Å². The molecule has 1 aromatic rings. The molecule has 0 radical (unpaired) electrons. The zero-order valence-corrected chi connectivity index (χ0v) is 11.0. The van der Waals surface area contributed by atoms with Crippen LogP contribution in [0.4, 0.5) is 5.69 Å². The average Bonchev–Trinajstić information content (AvgIpc) is 2.30. The minimum Gasteiger partial charge on any atom is -0.493 e. The number of aryl methyl sites for hydroxylation is 1. The van der Waals surface area contributed by atoms with Crippen LogP contribution in [0.1, 0.15) is 18.9 Å². The molecule has 0 unspecified atom stereocenters. The van der Waals surface area contributed by atoms with Crippen LogP contribution in [0.15, 0.2) is 12.1 Å². The second kappa shape index (κ2) is 6.05. The highest BCUT2D eigenvalue weighted by Crippen LogP contribution is 2.32. The summed E-state index contributed by atoms with van der Waals surface area (Å²) in [4.78, 5) is 22.4. The Morgan fingerprint density at radius 3 is 2.22 bits per heavy atom. The van der Waals surface area contributed by atoms with E-state index in [4.69, 9.17) is 9.47 Å². The van der Waals surface area contributed by atoms with Crippen LogP contribution in [0.5, 0.6) is 11.5 Å². The number of anilines is 1. The number of ketones is 1. The lowest BCUT2D eigenvalue weighted by Gasteiger charge is -2.13. The number of amides is 1. The van der Waals surface area contributed by atoms with Gasteiger partial charge in [0.1, 0.15) is 5.78 Å². The van der Waals surface area contributed by atoms with E-state index in [2.05, 4.69) is 5.32 Å². The number of hydrogen-bond acceptors (Lipinski definition) is 4. The predicted octanol–water partition coefficient (Wildman–Crippen LogP) is 1.93. The Morgan fingerprint density at radius 1 is 1.17 bits per heavy atom. The van der Waals surface area contributed by atoms with Crippen LogP contribution in [0, 0.1) is 6.92 Å². The third-order valence-electron chi connectivity index (χ3n) is 2.41. The Labute approximate surface area is 106 Å². The van der Waals surface area contributed by atoms with Gasteiger partial charge >= 0.3 is 0 Å². The molecule has 1 N–H and O–H groups in total. The average molecular weight is 251 g/mol. The lowest BCUT2D eigenvalue weighted by atomic mass is 10.1. The molecule has 5 heteroatoms. The van der Waals surface area contributed by atoms with Gasteiger partial charge in [-0.05, 0) is 25.5 Å². The number of rotatable bonds is 5. The van der Waals surface area contributed by atoms with Crippen molar-refractivity contribution in [2.75, 3.05) is 19.5 Å². The lowest BCUT2D eigenvalue weighted by Crippen LogP contribution is -2.15. The summed E-state index contributed by atoms with van der Waals surface area (Å²) < 4.78 is 10.3. The monoisotopic (exact) mass is 251 g/mol. The highest BCUT2D eigenvalue weighted by Gasteiger charge is 2.11. The van der Waals surface area contributed by atoms with Gasteiger partial charge in [-0.2, -0.15) is 0 Å². The van der Waals surface area contributed by atoms with Crippen LogP contribution >= 0.6 is 0 Å². The van der Waals surface area contributed by atoms with Gasteiger partial charge in [-0.25, -0.2) is 0 Å². The zero-order valence-electron chi connectivity index (χ0n) is 11.0. The first-order valence-electron chi connectivity index (χ1n) is 5.49. The second-order valence-electron chi connectivity index (χ2n) is 3.95. The fourth-order valence-corrected chi connectivity index (χ4v) is 1.54. The molecule has 1 rings (SSSR count). The van der Waals surface area contributed by atoms with E-state index in [1.54, 1.807) is 19.2 Å². The van der Waals surface area contributed by atoms with Gasteiger partial charge in [-0.15, -0.1) is 0 Å². The number of hydrogen-bond donors (Lipinski definition) is 1. The Kier molecular flexibility index (Phi) is 4.71. The van der Waals surface area contributed by atoms with Gasteiger partial charge in [0.25, 0.3) is 0 Å². The highest BCUT2D eigenvalue weighted by molar-refractivity contribution is 6.03. The molecule has 0 fully saturated rings. The first-order valence-corrected chi connectivity index (χ1v) is 5.49. The molecule has 18 heavy (non-hydrogen) atoms. The summed E-state index contributed by atoms with van der Waals surface area (Å²) in [5, 5.41) is 2.67. The quantitative estimate of drug-likeness (QED) is 0.812. The highest BCUT2D eigenvalue weighted by atomic mass is 16.5. The third-order valence-corrected chi connectivity index (χ3v) is 2.41. The van der Waals surface area contributed by atoms with Crippen LogP contribution in [-0.2, 0) is 9.59 Å². The predicted molar refractivity (Wildman–Crippen MR) is 68.2 cm³/mol. The van der Waals surface area contributed by atoms with E-state index < -0.39 is 0 Å². The minimum absolute atomic E-state index is 0.131. The van der Waals surface area contributed by atoms with E-state index in [9.17, 15) is 9.59 Å². The summed E-state index contributed by atoms with van der Waals surface area (Å²) in [7, 11) is 3.07. The van der Waals surface area contributed by atoms with E-state index in [1.807, 2.05) is 6.92 Å². The summed E-state index contributed by atoms with van der Waals surface area (Å²) in [6, 6.07) is 3.44. The van der Waals surface area contributed by atoms with Gasteiger partial charge in [-0.1, -0.05) is 0 Å². The topological polar surface area (TPSA) is 64.6 Å². The van der Waals surface area contributed by atoms with Gasteiger partial charge in [0.15, 0.2) is 11.5 Å². The molecule has 98 valence electrons. The molecule has 0 aliphatic carbocycles. The van der Waals surface area contributed by atoms with Crippen LogP contribution in [0.25, 0.3) is 0 Å². The van der Waals surface area contributed by atoms with Gasteiger partial charge in [0, 0.05) is 11.8 Å². The molecular weight excluding hydrogens is 234 g/mol. The number of methoxy groups -OCH3 is 2. The molecular formula is C13H17NO4. The van der Waals surface area contributed by atoms with E-state index in [1.165, 1.54) is 14.0 Å². The van der Waals surface area contributed by atoms with Gasteiger partial charge in [0.2, 0.25) is 5.91 Å². The van der Waals surface area contributed by atoms with Crippen molar-refractivity contribution in [2.45, 2.75) is 20.3 Å². The minimum atomic E-state index is -0.335. The molecule has 0 saturated carbocycles. The molecule has 0 bridgehead atoms. The van der Waals surface area contributed by atoms with Gasteiger partial charge in [0.05, 0.1) is 20.6 Å².